The molecule has 2 heteroatoms. The van der Waals surface area contributed by atoms with E-state index in [0.717, 1.165) is 11.3 Å². The molecule has 1 heterocycles. The van der Waals surface area contributed by atoms with E-state index in [2.05, 4.69) is 0 Å². The monoisotopic (exact) mass is 178 g/mol. The average Bonchev–Trinajstić information content (AvgIpc) is 2.22. The molecule has 1 aliphatic rings. The largest absolute Gasteiger partial charge is 0.492 e. The zero-order valence-corrected chi connectivity index (χ0v) is 8.04. The van der Waals surface area contributed by atoms with Crippen molar-refractivity contribution in [3.8, 4) is 5.75 Å². The van der Waals surface area contributed by atoms with E-state index in [4.69, 9.17) is 4.74 Å². The second kappa shape index (κ2) is 4.65. The molecular weight excluding hydrogens is 164 g/mol. The minimum Gasteiger partial charge on any atom is -0.492 e. The van der Waals surface area contributed by atoms with E-state index in [1.54, 1.807) is 6.07 Å². The summed E-state index contributed by atoms with van der Waals surface area (Å²) in [4.78, 5) is 11.2. The molecule has 0 spiro atoms. The van der Waals surface area contributed by atoms with Crippen molar-refractivity contribution in [3.05, 3.63) is 29.8 Å². The van der Waals surface area contributed by atoms with E-state index in [1.165, 1.54) is 0 Å². The lowest BCUT2D eigenvalue weighted by Gasteiger charge is -2.14. The van der Waals surface area contributed by atoms with Gasteiger partial charge in [-0.25, -0.2) is 0 Å². The Hall–Kier alpha value is -1.31. The molecule has 0 N–H and O–H groups in total. The summed E-state index contributed by atoms with van der Waals surface area (Å²) >= 11 is 0. The fourth-order valence-electron chi connectivity index (χ4n) is 1.21. The molecule has 0 amide bonds. The molecule has 2 rings (SSSR count). The number of benzene rings is 1. The Morgan fingerprint density at radius 2 is 1.92 bits per heavy atom. The summed E-state index contributed by atoms with van der Waals surface area (Å²) in [5, 5.41) is 0. The van der Waals surface area contributed by atoms with Gasteiger partial charge in [-0.1, -0.05) is 26.0 Å². The van der Waals surface area contributed by atoms with Crippen LogP contribution in [0.25, 0.3) is 0 Å². The van der Waals surface area contributed by atoms with Crippen LogP contribution in [0, 0.1) is 0 Å². The molecule has 2 nitrogen and oxygen atoms in total. The van der Waals surface area contributed by atoms with Crippen LogP contribution in [0.3, 0.4) is 0 Å². The van der Waals surface area contributed by atoms with Gasteiger partial charge in [0.2, 0.25) is 0 Å². The molecule has 70 valence electrons. The third-order valence-corrected chi connectivity index (χ3v) is 1.77. The Morgan fingerprint density at radius 1 is 1.23 bits per heavy atom. The summed E-state index contributed by atoms with van der Waals surface area (Å²) in [5.41, 5.74) is 0.721. The molecule has 0 saturated heterocycles. The first-order valence-electron chi connectivity index (χ1n) is 4.63. The Balaban J connectivity index is 0.000000396. The maximum atomic E-state index is 11.2. The van der Waals surface area contributed by atoms with Crippen LogP contribution >= 0.6 is 0 Å². The van der Waals surface area contributed by atoms with Crippen molar-refractivity contribution in [1.29, 1.82) is 0 Å². The normalized spacial score (nSPS) is 13.5. The van der Waals surface area contributed by atoms with Crippen LogP contribution in [0.4, 0.5) is 0 Å². The molecule has 0 radical (unpaired) electrons. The van der Waals surface area contributed by atoms with Crippen LogP contribution in [0.15, 0.2) is 24.3 Å². The van der Waals surface area contributed by atoms with Crippen LogP contribution in [0.5, 0.6) is 5.75 Å². The van der Waals surface area contributed by atoms with Gasteiger partial charge >= 0.3 is 0 Å². The molecule has 0 fully saturated rings. The predicted octanol–water partition coefficient (Wildman–Crippen LogP) is 2.68. The highest BCUT2D eigenvalue weighted by Gasteiger charge is 2.16. The number of hydrogen-bond acceptors (Lipinski definition) is 2. The van der Waals surface area contributed by atoms with Gasteiger partial charge in [0.15, 0.2) is 5.78 Å². The molecule has 0 saturated carbocycles. The minimum absolute atomic E-state index is 0.187. The lowest BCUT2D eigenvalue weighted by Crippen LogP contribution is -2.14. The van der Waals surface area contributed by atoms with Gasteiger partial charge in [-0.3, -0.25) is 4.79 Å². The Labute approximate surface area is 78.5 Å². The third kappa shape index (κ3) is 2.08. The maximum Gasteiger partial charge on any atom is 0.169 e. The van der Waals surface area contributed by atoms with Crippen molar-refractivity contribution in [3.63, 3.8) is 0 Å². The van der Waals surface area contributed by atoms with E-state index in [-0.39, 0.29) is 5.78 Å². The van der Waals surface area contributed by atoms with E-state index < -0.39 is 0 Å². The van der Waals surface area contributed by atoms with Gasteiger partial charge in [-0.2, -0.15) is 0 Å². The number of hydrogen-bond donors (Lipinski definition) is 0. The number of ketones is 1. The summed E-state index contributed by atoms with van der Waals surface area (Å²) in [6, 6.07) is 7.35. The fourth-order valence-corrected chi connectivity index (χ4v) is 1.21. The molecule has 1 aliphatic heterocycles. The first kappa shape index (κ1) is 9.78. The van der Waals surface area contributed by atoms with Crippen LogP contribution < -0.4 is 4.74 Å². The van der Waals surface area contributed by atoms with Gasteiger partial charge in [-0.05, 0) is 12.1 Å². The number of carbonyl (C=O) groups is 1. The highest BCUT2D eigenvalue weighted by atomic mass is 16.5. The van der Waals surface area contributed by atoms with E-state index in [0.29, 0.717) is 13.0 Å². The van der Waals surface area contributed by atoms with Crippen molar-refractivity contribution in [2.24, 2.45) is 0 Å². The fraction of sp³-hybridized carbons (Fsp3) is 0.364. The number of Topliss-reactive ketones (excluding diaryl/α,β-unsaturated/α-hetero) is 1. The zero-order valence-electron chi connectivity index (χ0n) is 8.04. The number of rotatable bonds is 0. The smallest absolute Gasteiger partial charge is 0.169 e. The standard InChI is InChI=1S/C9H8O2.C2H6/c10-8-5-6-11-9-4-2-1-3-7(8)9;1-2/h1-4H,5-6H2;1-2H3. The number of carbonyl (C=O) groups excluding carboxylic acids is 1. The minimum atomic E-state index is 0.187. The van der Waals surface area contributed by atoms with Crippen molar-refractivity contribution >= 4 is 5.78 Å². The SMILES string of the molecule is CC.O=C1CCOc2ccccc21. The Bertz CT molecular complexity index is 292. The second-order valence-corrected chi connectivity index (χ2v) is 2.52. The van der Waals surface area contributed by atoms with Crippen molar-refractivity contribution < 1.29 is 9.53 Å². The van der Waals surface area contributed by atoms with Gasteiger partial charge in [-0.15, -0.1) is 0 Å². The van der Waals surface area contributed by atoms with Crippen molar-refractivity contribution in [2.75, 3.05) is 6.61 Å². The second-order valence-electron chi connectivity index (χ2n) is 2.52. The molecule has 1 aromatic rings. The average molecular weight is 178 g/mol. The Kier molecular flexibility index (Phi) is 3.50. The van der Waals surface area contributed by atoms with Crippen molar-refractivity contribution in [2.45, 2.75) is 20.3 Å². The molecule has 0 atom stereocenters. The summed E-state index contributed by atoms with van der Waals surface area (Å²) < 4.78 is 5.27. The third-order valence-electron chi connectivity index (χ3n) is 1.77. The highest BCUT2D eigenvalue weighted by Crippen LogP contribution is 2.23. The van der Waals surface area contributed by atoms with E-state index in [1.807, 2.05) is 32.0 Å². The first-order valence-corrected chi connectivity index (χ1v) is 4.63. The van der Waals surface area contributed by atoms with Crippen LogP contribution in [0.1, 0.15) is 30.6 Å². The molecule has 13 heavy (non-hydrogen) atoms. The highest BCUT2D eigenvalue weighted by molar-refractivity contribution is 5.99. The lowest BCUT2D eigenvalue weighted by atomic mass is 10.1. The van der Waals surface area contributed by atoms with Crippen LogP contribution in [-0.2, 0) is 0 Å². The Morgan fingerprint density at radius 3 is 2.62 bits per heavy atom. The molecule has 0 aromatic heterocycles. The van der Waals surface area contributed by atoms with Gasteiger partial charge in [0.1, 0.15) is 5.75 Å². The summed E-state index contributed by atoms with van der Waals surface area (Å²) in [5.74, 6) is 0.913. The molecule has 0 unspecified atom stereocenters. The number of ether oxygens (including phenoxy) is 1. The molecule has 0 bridgehead atoms. The zero-order chi connectivity index (χ0) is 9.68. The van der Waals surface area contributed by atoms with Gasteiger partial charge in [0, 0.05) is 6.42 Å². The van der Waals surface area contributed by atoms with E-state index in [9.17, 15) is 4.79 Å². The number of para-hydroxylation sites is 1. The van der Waals surface area contributed by atoms with Crippen LogP contribution in [-0.4, -0.2) is 12.4 Å². The number of fused-ring (bicyclic) bond motifs is 1. The predicted molar refractivity (Wildman–Crippen MR) is 52.2 cm³/mol. The first-order chi connectivity index (χ1) is 6.38. The summed E-state index contributed by atoms with van der Waals surface area (Å²) in [6.45, 7) is 4.52. The van der Waals surface area contributed by atoms with Crippen molar-refractivity contribution in [1.82, 2.24) is 0 Å². The molecule has 0 aliphatic carbocycles. The molecular formula is C11H14O2. The van der Waals surface area contributed by atoms with Gasteiger partial charge in [0.25, 0.3) is 0 Å². The molecule has 1 aromatic carbocycles. The van der Waals surface area contributed by atoms with Crippen LogP contribution in [0.2, 0.25) is 0 Å². The van der Waals surface area contributed by atoms with Gasteiger partial charge < -0.3 is 4.74 Å². The lowest BCUT2D eigenvalue weighted by molar-refractivity contribution is 0.0933. The maximum absolute atomic E-state index is 11.2. The van der Waals surface area contributed by atoms with Gasteiger partial charge in [0.05, 0.1) is 12.2 Å². The summed E-state index contributed by atoms with van der Waals surface area (Å²) in [7, 11) is 0. The summed E-state index contributed by atoms with van der Waals surface area (Å²) in [6.07, 6.45) is 0.511. The quantitative estimate of drug-likeness (QED) is 0.610. The topological polar surface area (TPSA) is 26.3 Å². The van der Waals surface area contributed by atoms with E-state index >= 15 is 0 Å².